The Kier molecular flexibility index (Phi) is 5.48. The molecule has 0 radical (unpaired) electrons. The summed E-state index contributed by atoms with van der Waals surface area (Å²) in [6.07, 6.45) is -1.36. The molecule has 0 spiro atoms. The summed E-state index contributed by atoms with van der Waals surface area (Å²) in [5, 5.41) is 29.6. The van der Waals surface area contributed by atoms with E-state index >= 15 is 0 Å². The summed E-state index contributed by atoms with van der Waals surface area (Å²) in [6.45, 7) is -0.271. The lowest BCUT2D eigenvalue weighted by Crippen LogP contribution is -2.49. The highest BCUT2D eigenvalue weighted by molar-refractivity contribution is 5.89. The minimum atomic E-state index is -1.53. The first-order valence-electron chi connectivity index (χ1n) is 8.86. The van der Waals surface area contributed by atoms with Gasteiger partial charge in [-0.15, -0.1) is 0 Å². The SMILES string of the molecule is O=C(O)CC1O[C@H](COC(=O)c2ccccc2)[C@@](O)(C2CC2)[C@@H]1CC(=O)O. The first-order chi connectivity index (χ1) is 12.8. The number of hydrogen-bond donors (Lipinski definition) is 3. The fourth-order valence-electron chi connectivity index (χ4n) is 3.89. The lowest BCUT2D eigenvalue weighted by atomic mass is 9.76. The summed E-state index contributed by atoms with van der Waals surface area (Å²) in [7, 11) is 0. The van der Waals surface area contributed by atoms with Crippen LogP contribution >= 0.6 is 0 Å². The van der Waals surface area contributed by atoms with Crippen LogP contribution in [0.15, 0.2) is 30.3 Å². The molecule has 1 aromatic rings. The minimum absolute atomic E-state index is 0.193. The first-order valence-corrected chi connectivity index (χ1v) is 8.86. The summed E-state index contributed by atoms with van der Waals surface area (Å²) in [5.41, 5.74) is -1.19. The number of ether oxygens (including phenoxy) is 2. The molecule has 27 heavy (non-hydrogen) atoms. The van der Waals surface area contributed by atoms with E-state index < -0.39 is 54.5 Å². The Balaban J connectivity index is 1.77. The van der Waals surface area contributed by atoms with Crippen molar-refractivity contribution in [2.24, 2.45) is 11.8 Å². The predicted octanol–water partition coefficient (Wildman–Crippen LogP) is 1.32. The van der Waals surface area contributed by atoms with Crippen molar-refractivity contribution in [1.82, 2.24) is 0 Å². The summed E-state index contributed by atoms with van der Waals surface area (Å²) >= 11 is 0. The summed E-state index contributed by atoms with van der Waals surface area (Å²) in [4.78, 5) is 34.6. The topological polar surface area (TPSA) is 130 Å². The van der Waals surface area contributed by atoms with Gasteiger partial charge in [0.15, 0.2) is 0 Å². The van der Waals surface area contributed by atoms with E-state index in [1.54, 1.807) is 30.3 Å². The van der Waals surface area contributed by atoms with Crippen LogP contribution < -0.4 is 0 Å². The lowest BCUT2D eigenvalue weighted by molar-refractivity contribution is -0.144. The van der Waals surface area contributed by atoms with Crippen molar-refractivity contribution in [1.29, 1.82) is 0 Å². The third-order valence-corrected chi connectivity index (χ3v) is 5.27. The average molecular weight is 378 g/mol. The van der Waals surface area contributed by atoms with Crippen LogP contribution in [0.3, 0.4) is 0 Å². The van der Waals surface area contributed by atoms with Gasteiger partial charge in [0, 0.05) is 5.92 Å². The van der Waals surface area contributed by atoms with Gasteiger partial charge in [-0.25, -0.2) is 4.79 Å². The van der Waals surface area contributed by atoms with E-state index in [1.165, 1.54) is 0 Å². The Morgan fingerprint density at radius 3 is 2.26 bits per heavy atom. The maximum atomic E-state index is 12.2. The smallest absolute Gasteiger partial charge is 0.338 e. The number of carboxylic acids is 2. The number of hydrogen-bond acceptors (Lipinski definition) is 6. The molecule has 1 aromatic carbocycles. The van der Waals surface area contributed by atoms with E-state index in [4.69, 9.17) is 14.6 Å². The zero-order valence-corrected chi connectivity index (χ0v) is 14.6. The van der Waals surface area contributed by atoms with Crippen molar-refractivity contribution in [2.45, 2.75) is 43.5 Å². The van der Waals surface area contributed by atoms with Gasteiger partial charge in [-0.1, -0.05) is 18.2 Å². The van der Waals surface area contributed by atoms with Crippen molar-refractivity contribution >= 4 is 17.9 Å². The third-order valence-electron chi connectivity index (χ3n) is 5.27. The third kappa shape index (κ3) is 4.12. The Morgan fingerprint density at radius 1 is 1.07 bits per heavy atom. The second kappa shape index (κ2) is 7.66. The van der Waals surface area contributed by atoms with Crippen molar-refractivity contribution in [2.75, 3.05) is 6.61 Å². The molecular weight excluding hydrogens is 356 g/mol. The van der Waals surface area contributed by atoms with E-state index in [0.717, 1.165) is 0 Å². The fraction of sp³-hybridized carbons (Fsp3) is 0.526. The minimum Gasteiger partial charge on any atom is -0.481 e. The van der Waals surface area contributed by atoms with Gasteiger partial charge in [-0.05, 0) is 30.9 Å². The molecule has 1 saturated heterocycles. The molecule has 8 nitrogen and oxygen atoms in total. The Labute approximate surface area is 155 Å². The largest absolute Gasteiger partial charge is 0.481 e. The molecule has 1 unspecified atom stereocenters. The van der Waals surface area contributed by atoms with Crippen LogP contribution in [0.2, 0.25) is 0 Å². The number of benzene rings is 1. The van der Waals surface area contributed by atoms with E-state index in [1.807, 2.05) is 0 Å². The molecule has 1 heterocycles. The van der Waals surface area contributed by atoms with Gasteiger partial charge in [0.25, 0.3) is 0 Å². The van der Waals surface area contributed by atoms with Gasteiger partial charge < -0.3 is 24.8 Å². The second-order valence-corrected chi connectivity index (χ2v) is 7.09. The van der Waals surface area contributed by atoms with Gasteiger partial charge in [-0.3, -0.25) is 9.59 Å². The van der Waals surface area contributed by atoms with Crippen molar-refractivity contribution in [3.63, 3.8) is 0 Å². The van der Waals surface area contributed by atoms with Crippen LogP contribution in [0.1, 0.15) is 36.0 Å². The Hall–Kier alpha value is -2.45. The molecule has 3 N–H and O–H groups in total. The quantitative estimate of drug-likeness (QED) is 0.577. The summed E-state index contributed by atoms with van der Waals surface area (Å²) in [5.74, 6) is -3.94. The standard InChI is InChI=1S/C19H22O8/c20-16(21)8-13-14(9-17(22)23)27-15(19(13,25)12-6-7-12)10-26-18(24)11-4-2-1-3-5-11/h1-5,12-15,25H,6-10H2,(H,20,21)(H,22,23)/t13-,14?,15-,19-/m1/s1. The highest BCUT2D eigenvalue weighted by Gasteiger charge is 2.62. The van der Waals surface area contributed by atoms with E-state index in [9.17, 15) is 24.6 Å². The summed E-state index contributed by atoms with van der Waals surface area (Å²) in [6, 6.07) is 8.32. The second-order valence-electron chi connectivity index (χ2n) is 7.09. The molecule has 1 aliphatic heterocycles. The van der Waals surface area contributed by atoms with Crippen molar-refractivity contribution in [3.8, 4) is 0 Å². The van der Waals surface area contributed by atoms with E-state index in [0.29, 0.717) is 18.4 Å². The van der Waals surface area contributed by atoms with Crippen LogP contribution in [0.4, 0.5) is 0 Å². The molecule has 1 aliphatic carbocycles. The van der Waals surface area contributed by atoms with Crippen molar-refractivity contribution in [3.05, 3.63) is 35.9 Å². The van der Waals surface area contributed by atoms with Crippen LogP contribution in [0, 0.1) is 11.8 Å². The van der Waals surface area contributed by atoms with E-state index in [-0.39, 0.29) is 12.5 Å². The van der Waals surface area contributed by atoms with Gasteiger partial charge in [-0.2, -0.15) is 0 Å². The fourth-order valence-corrected chi connectivity index (χ4v) is 3.89. The maximum absolute atomic E-state index is 12.2. The molecule has 0 amide bonds. The highest BCUT2D eigenvalue weighted by Crippen LogP contribution is 2.53. The predicted molar refractivity (Wildman–Crippen MR) is 91.1 cm³/mol. The van der Waals surface area contributed by atoms with Crippen LogP contribution in [0.25, 0.3) is 0 Å². The molecule has 146 valence electrons. The van der Waals surface area contributed by atoms with E-state index in [2.05, 4.69) is 0 Å². The molecule has 8 heteroatoms. The zero-order chi connectivity index (χ0) is 19.6. The number of aliphatic carboxylic acids is 2. The molecule has 2 fully saturated rings. The van der Waals surface area contributed by atoms with Crippen LogP contribution in [0.5, 0.6) is 0 Å². The van der Waals surface area contributed by atoms with Gasteiger partial charge in [0.1, 0.15) is 18.3 Å². The number of rotatable bonds is 8. The lowest BCUT2D eigenvalue weighted by Gasteiger charge is -2.33. The highest BCUT2D eigenvalue weighted by atomic mass is 16.6. The number of carbonyl (C=O) groups is 3. The molecule has 1 saturated carbocycles. The van der Waals surface area contributed by atoms with Gasteiger partial charge >= 0.3 is 17.9 Å². The molecule has 4 atom stereocenters. The monoisotopic (exact) mass is 378 g/mol. The summed E-state index contributed by atoms with van der Waals surface area (Å²) < 4.78 is 11.0. The normalized spacial score (nSPS) is 30.0. The average Bonchev–Trinajstić information content (AvgIpc) is 3.44. The molecular formula is C19H22O8. The number of carboxylic acid groups (broad SMARTS) is 2. The Morgan fingerprint density at radius 2 is 1.70 bits per heavy atom. The number of esters is 1. The molecule has 0 bridgehead atoms. The van der Waals surface area contributed by atoms with Gasteiger partial charge in [0.2, 0.25) is 0 Å². The Bertz CT molecular complexity index is 714. The van der Waals surface area contributed by atoms with Crippen LogP contribution in [-0.2, 0) is 19.1 Å². The molecule has 2 aliphatic rings. The maximum Gasteiger partial charge on any atom is 0.338 e. The van der Waals surface area contributed by atoms with Gasteiger partial charge in [0.05, 0.1) is 24.5 Å². The number of aliphatic hydroxyl groups is 1. The van der Waals surface area contributed by atoms with Crippen LogP contribution in [-0.4, -0.2) is 57.6 Å². The number of carbonyl (C=O) groups excluding carboxylic acids is 1. The molecule has 0 aromatic heterocycles. The molecule has 3 rings (SSSR count). The van der Waals surface area contributed by atoms with Crippen molar-refractivity contribution < 1.29 is 39.2 Å². The first kappa shape index (κ1) is 19.3. The zero-order valence-electron chi connectivity index (χ0n) is 14.6.